The maximum Gasteiger partial charge on any atom is 0.435 e. The monoisotopic (exact) mass is 500 g/mol. The molecular weight excluding hydrogens is 488 g/mol. The fourth-order valence-electron chi connectivity index (χ4n) is 2.63. The summed E-state index contributed by atoms with van der Waals surface area (Å²) in [6.07, 6.45) is -3.60. The number of nitrogens with zero attached hydrogens (tertiary/aromatic N) is 3. The third-order valence-electron chi connectivity index (χ3n) is 4.01. The first-order valence-corrected chi connectivity index (χ1v) is 9.69. The molecule has 3 N–H and O–H groups in total. The molecule has 0 atom stereocenters. The van der Waals surface area contributed by atoms with Gasteiger partial charge in [0.15, 0.2) is 11.5 Å². The van der Waals surface area contributed by atoms with E-state index in [2.05, 4.69) is 26.3 Å². The first-order valence-electron chi connectivity index (χ1n) is 8.94. The van der Waals surface area contributed by atoms with E-state index in [0.717, 1.165) is 6.92 Å². The average Bonchev–Trinajstić information content (AvgIpc) is 3.18. The summed E-state index contributed by atoms with van der Waals surface area (Å²) >= 11 is 12.1. The molecule has 0 saturated heterocycles. The van der Waals surface area contributed by atoms with Gasteiger partial charge in [0.2, 0.25) is 5.91 Å². The van der Waals surface area contributed by atoms with Crippen LogP contribution in [0.2, 0.25) is 10.0 Å². The van der Waals surface area contributed by atoms with Crippen LogP contribution in [-0.4, -0.2) is 32.5 Å². The Hall–Kier alpha value is -3.64. The fraction of sp³-hybridized carbons (Fsp3) is 0.105. The molecule has 2 aromatic heterocycles. The van der Waals surface area contributed by atoms with Crippen LogP contribution in [0.3, 0.4) is 0 Å². The number of carbonyl (C=O) groups is 3. The zero-order chi connectivity index (χ0) is 24.3. The topological polar surface area (TPSA) is 118 Å². The van der Waals surface area contributed by atoms with Crippen molar-refractivity contribution in [1.29, 1.82) is 0 Å². The van der Waals surface area contributed by atoms with Crippen LogP contribution in [0.1, 0.15) is 33.5 Å². The van der Waals surface area contributed by atoms with Crippen LogP contribution in [0.5, 0.6) is 0 Å². The molecule has 2 heterocycles. The second-order valence-corrected chi connectivity index (χ2v) is 7.20. The van der Waals surface area contributed by atoms with Gasteiger partial charge in [-0.3, -0.25) is 25.2 Å². The summed E-state index contributed by atoms with van der Waals surface area (Å²) in [4.78, 5) is 40.3. The molecule has 0 spiro atoms. The van der Waals surface area contributed by atoms with Crippen LogP contribution in [0.25, 0.3) is 5.82 Å². The molecule has 33 heavy (non-hydrogen) atoms. The molecule has 9 nitrogen and oxygen atoms in total. The number of anilines is 1. The minimum absolute atomic E-state index is 0.0542. The molecule has 0 aliphatic rings. The molecule has 0 radical (unpaired) electrons. The van der Waals surface area contributed by atoms with Crippen LogP contribution in [0.4, 0.5) is 18.9 Å². The summed E-state index contributed by atoms with van der Waals surface area (Å²) in [5, 5.41) is 5.62. The lowest BCUT2D eigenvalue weighted by Gasteiger charge is -2.13. The Morgan fingerprint density at radius 2 is 1.70 bits per heavy atom. The van der Waals surface area contributed by atoms with E-state index < -0.39 is 35.3 Å². The molecule has 0 saturated carbocycles. The lowest BCUT2D eigenvalue weighted by atomic mass is 10.1. The third kappa shape index (κ3) is 5.41. The van der Waals surface area contributed by atoms with E-state index in [1.165, 1.54) is 36.5 Å². The number of aromatic nitrogens is 3. The summed E-state index contributed by atoms with van der Waals surface area (Å²) in [6.45, 7) is 1.15. The predicted molar refractivity (Wildman–Crippen MR) is 112 cm³/mol. The number of hydrazine groups is 1. The lowest BCUT2D eigenvalue weighted by Crippen LogP contribution is -2.40. The van der Waals surface area contributed by atoms with Crippen LogP contribution in [0, 0.1) is 0 Å². The fourth-order valence-corrected chi connectivity index (χ4v) is 3.09. The zero-order valence-corrected chi connectivity index (χ0v) is 18.0. The first kappa shape index (κ1) is 24.0. The van der Waals surface area contributed by atoms with Crippen LogP contribution < -0.4 is 16.2 Å². The van der Waals surface area contributed by atoms with Gasteiger partial charge >= 0.3 is 6.18 Å². The smallest absolute Gasteiger partial charge is 0.320 e. The molecule has 3 aromatic rings. The maximum atomic E-state index is 13.3. The highest BCUT2D eigenvalue weighted by molar-refractivity contribution is 6.35. The highest BCUT2D eigenvalue weighted by Crippen LogP contribution is 2.31. The summed E-state index contributed by atoms with van der Waals surface area (Å²) in [5.41, 5.74) is 1.87. The molecule has 14 heteroatoms. The average molecular weight is 501 g/mol. The van der Waals surface area contributed by atoms with Crippen LogP contribution in [0.15, 0.2) is 42.6 Å². The summed E-state index contributed by atoms with van der Waals surface area (Å²) in [6, 6.07) is 7.38. The standard InChI is InChI=1S/C19H13Cl2F3N6O3/c1-9(31)27-28-18(33)15-10(20)4-2-6-12(15)26-17(32)13-8-14(19(22,23)24)29-30(13)16-11(21)5-3-7-25-16/h2-8H,1H3,(H,26,32)(H,27,31)(H,28,33). The Kier molecular flexibility index (Phi) is 6.89. The minimum Gasteiger partial charge on any atom is -0.320 e. The van der Waals surface area contributed by atoms with E-state index in [4.69, 9.17) is 23.2 Å². The number of benzene rings is 1. The molecule has 0 bridgehead atoms. The number of pyridine rings is 1. The van der Waals surface area contributed by atoms with E-state index in [1.807, 2.05) is 0 Å². The third-order valence-corrected chi connectivity index (χ3v) is 4.62. The van der Waals surface area contributed by atoms with Gasteiger partial charge < -0.3 is 5.32 Å². The molecule has 0 unspecified atom stereocenters. The normalized spacial score (nSPS) is 11.1. The molecule has 1 aromatic carbocycles. The van der Waals surface area contributed by atoms with Crippen molar-refractivity contribution in [2.75, 3.05) is 5.32 Å². The second kappa shape index (κ2) is 9.46. The quantitative estimate of drug-likeness (QED) is 0.472. The van der Waals surface area contributed by atoms with Crippen molar-refractivity contribution in [3.05, 3.63) is 69.6 Å². The van der Waals surface area contributed by atoms with Crippen molar-refractivity contribution in [2.24, 2.45) is 0 Å². The highest BCUT2D eigenvalue weighted by atomic mass is 35.5. The Labute approximate surface area is 193 Å². The van der Waals surface area contributed by atoms with Gasteiger partial charge in [-0.15, -0.1) is 0 Å². The number of carbonyl (C=O) groups excluding carboxylic acids is 3. The maximum absolute atomic E-state index is 13.3. The van der Waals surface area contributed by atoms with Gasteiger partial charge in [0.25, 0.3) is 11.8 Å². The Balaban J connectivity index is 2.03. The minimum atomic E-state index is -4.86. The van der Waals surface area contributed by atoms with E-state index in [-0.39, 0.29) is 27.1 Å². The zero-order valence-electron chi connectivity index (χ0n) is 16.5. The largest absolute Gasteiger partial charge is 0.435 e. The number of hydrogen-bond donors (Lipinski definition) is 3. The van der Waals surface area contributed by atoms with E-state index in [0.29, 0.717) is 10.7 Å². The van der Waals surface area contributed by atoms with Crippen molar-refractivity contribution in [3.63, 3.8) is 0 Å². The SMILES string of the molecule is CC(=O)NNC(=O)c1c(Cl)cccc1NC(=O)c1cc(C(F)(F)F)nn1-c1ncccc1Cl. The molecule has 0 fully saturated rings. The Morgan fingerprint density at radius 3 is 2.33 bits per heavy atom. The van der Waals surface area contributed by atoms with Gasteiger partial charge in [0.1, 0.15) is 5.69 Å². The van der Waals surface area contributed by atoms with Gasteiger partial charge in [-0.1, -0.05) is 29.3 Å². The van der Waals surface area contributed by atoms with Gasteiger partial charge in [-0.25, -0.2) is 9.67 Å². The van der Waals surface area contributed by atoms with Gasteiger partial charge in [0.05, 0.1) is 21.3 Å². The molecule has 3 rings (SSSR count). The number of amides is 3. The number of alkyl halides is 3. The summed E-state index contributed by atoms with van der Waals surface area (Å²) in [5.74, 6) is -2.72. The van der Waals surface area contributed by atoms with E-state index in [9.17, 15) is 27.6 Å². The van der Waals surface area contributed by atoms with Crippen molar-refractivity contribution in [3.8, 4) is 5.82 Å². The van der Waals surface area contributed by atoms with Crippen molar-refractivity contribution < 1.29 is 27.6 Å². The molecule has 172 valence electrons. The van der Waals surface area contributed by atoms with E-state index in [1.54, 1.807) is 0 Å². The Morgan fingerprint density at radius 1 is 1.00 bits per heavy atom. The number of rotatable bonds is 4. The first-order chi connectivity index (χ1) is 15.5. The lowest BCUT2D eigenvalue weighted by molar-refractivity contribution is -0.141. The van der Waals surface area contributed by atoms with Crippen molar-refractivity contribution in [2.45, 2.75) is 13.1 Å². The van der Waals surface area contributed by atoms with Crippen LogP contribution >= 0.6 is 23.2 Å². The Bertz CT molecular complexity index is 1250. The van der Waals surface area contributed by atoms with Crippen molar-refractivity contribution in [1.82, 2.24) is 25.6 Å². The summed E-state index contributed by atoms with van der Waals surface area (Å²) < 4.78 is 40.5. The van der Waals surface area contributed by atoms with E-state index >= 15 is 0 Å². The van der Waals surface area contributed by atoms with Crippen molar-refractivity contribution >= 4 is 46.6 Å². The van der Waals surface area contributed by atoms with Gasteiger partial charge in [0, 0.05) is 19.2 Å². The number of hydrogen-bond acceptors (Lipinski definition) is 5. The highest BCUT2D eigenvalue weighted by Gasteiger charge is 2.36. The molecule has 0 aliphatic carbocycles. The number of halogens is 5. The van der Waals surface area contributed by atoms with Gasteiger partial charge in [-0.2, -0.15) is 18.3 Å². The summed E-state index contributed by atoms with van der Waals surface area (Å²) in [7, 11) is 0. The van der Waals surface area contributed by atoms with Gasteiger partial charge in [-0.05, 0) is 24.3 Å². The van der Waals surface area contributed by atoms with Crippen LogP contribution in [-0.2, 0) is 11.0 Å². The second-order valence-electron chi connectivity index (χ2n) is 6.39. The predicted octanol–water partition coefficient (Wildman–Crippen LogP) is 3.63. The molecule has 0 aliphatic heterocycles. The molecule has 3 amide bonds. The molecular formula is C19H13Cl2F3N6O3. The number of nitrogens with one attached hydrogen (secondary N) is 3.